The van der Waals surface area contributed by atoms with Crippen LogP contribution in [0.5, 0.6) is 23.0 Å². The van der Waals surface area contributed by atoms with Crippen LogP contribution in [0.15, 0.2) is 65.4 Å². The highest BCUT2D eigenvalue weighted by Crippen LogP contribution is 2.47. The van der Waals surface area contributed by atoms with E-state index in [1.807, 2.05) is 10.8 Å². The third-order valence-corrected chi connectivity index (χ3v) is 10.7. The number of aryl methyl sites for hydroxylation is 1. The maximum Gasteiger partial charge on any atom is 0.179 e. The van der Waals surface area contributed by atoms with Gasteiger partial charge in [-0.2, -0.15) is 0 Å². The van der Waals surface area contributed by atoms with Gasteiger partial charge in [0.15, 0.2) is 23.0 Å². The van der Waals surface area contributed by atoms with Crippen LogP contribution < -0.4 is 18.9 Å². The van der Waals surface area contributed by atoms with E-state index in [0.717, 1.165) is 85.1 Å². The number of fused-ring (bicyclic) bond motifs is 2. The third kappa shape index (κ3) is 7.49. The normalized spacial score (nSPS) is 13.6. The number of thiophene rings is 2. The molecule has 0 bridgehead atoms. The Morgan fingerprint density at radius 3 is 1.45 bits per heavy atom. The molecule has 7 rings (SSSR count). The third-order valence-electron chi connectivity index (χ3n) is 8.76. The molecule has 0 radical (unpaired) electrons. The van der Waals surface area contributed by atoms with Crippen LogP contribution in [0.3, 0.4) is 0 Å². The Morgan fingerprint density at radius 2 is 0.957 bits per heavy atom. The second kappa shape index (κ2) is 15.3. The highest BCUT2D eigenvalue weighted by atomic mass is 32.1. The molecule has 244 valence electrons. The summed E-state index contributed by atoms with van der Waals surface area (Å²) in [5.41, 5.74) is 6.29. The van der Waals surface area contributed by atoms with Gasteiger partial charge in [0.1, 0.15) is 32.3 Å². The highest BCUT2D eigenvalue weighted by Gasteiger charge is 2.21. The molecule has 0 unspecified atom stereocenters. The molecule has 0 saturated heterocycles. The molecular formula is C39H42N2O4S2. The van der Waals surface area contributed by atoms with Gasteiger partial charge in [-0.3, -0.25) is 0 Å². The molecule has 2 aliphatic heterocycles. The number of hydrogen-bond donors (Lipinski definition) is 0. The van der Waals surface area contributed by atoms with E-state index >= 15 is 0 Å². The number of unbranched alkanes of at least 4 members (excludes halogenated alkanes) is 8. The first kappa shape index (κ1) is 31.7. The predicted octanol–water partition coefficient (Wildman–Crippen LogP) is 10.9. The Hall–Kier alpha value is -3.88. The fraction of sp³-hybridized carbons (Fsp3) is 0.385. The molecule has 3 aromatic heterocycles. The molecule has 5 heterocycles. The molecule has 5 aromatic rings. The van der Waals surface area contributed by atoms with E-state index in [1.54, 1.807) is 22.7 Å². The average Bonchev–Trinajstić information content (AvgIpc) is 3.76. The first-order chi connectivity index (χ1) is 23.3. The SMILES string of the molecule is CCCCCCCCCCCc1nc(-c2ccc(-c3scc4c3OCCO4)cc2)cc(-c2ccc(-c3scc4c3OCCO4)cc2)n1. The second-order valence-electron chi connectivity index (χ2n) is 12.2. The van der Waals surface area contributed by atoms with Gasteiger partial charge in [-0.05, 0) is 23.6 Å². The maximum atomic E-state index is 5.94. The number of ether oxygens (including phenoxy) is 4. The van der Waals surface area contributed by atoms with Gasteiger partial charge in [0, 0.05) is 28.3 Å². The van der Waals surface area contributed by atoms with Gasteiger partial charge >= 0.3 is 0 Å². The molecule has 0 fully saturated rings. The van der Waals surface area contributed by atoms with Gasteiger partial charge in [0.05, 0.1) is 21.1 Å². The first-order valence-electron chi connectivity index (χ1n) is 17.1. The zero-order valence-electron chi connectivity index (χ0n) is 27.1. The molecule has 0 saturated carbocycles. The summed E-state index contributed by atoms with van der Waals surface area (Å²) in [5, 5.41) is 4.07. The fourth-order valence-electron chi connectivity index (χ4n) is 6.21. The lowest BCUT2D eigenvalue weighted by molar-refractivity contribution is 0.174. The van der Waals surface area contributed by atoms with E-state index < -0.39 is 0 Å². The molecule has 0 spiro atoms. The number of benzene rings is 2. The lowest BCUT2D eigenvalue weighted by atomic mass is 10.0. The van der Waals surface area contributed by atoms with Crippen LogP contribution in [0.1, 0.15) is 70.5 Å². The molecule has 8 heteroatoms. The average molecular weight is 667 g/mol. The van der Waals surface area contributed by atoms with Crippen molar-refractivity contribution in [1.29, 1.82) is 0 Å². The van der Waals surface area contributed by atoms with Gasteiger partial charge in [-0.25, -0.2) is 9.97 Å². The molecular weight excluding hydrogens is 625 g/mol. The van der Waals surface area contributed by atoms with E-state index in [-0.39, 0.29) is 0 Å². The molecule has 2 aliphatic rings. The van der Waals surface area contributed by atoms with Crippen LogP contribution >= 0.6 is 22.7 Å². The van der Waals surface area contributed by atoms with Gasteiger partial charge < -0.3 is 18.9 Å². The Labute approximate surface area is 285 Å². The molecule has 0 N–H and O–H groups in total. The zero-order valence-corrected chi connectivity index (χ0v) is 28.7. The van der Waals surface area contributed by atoms with Crippen LogP contribution in [-0.2, 0) is 6.42 Å². The number of aromatic nitrogens is 2. The summed E-state index contributed by atoms with van der Waals surface area (Å²) >= 11 is 3.32. The Balaban J connectivity index is 1.11. The summed E-state index contributed by atoms with van der Waals surface area (Å²) in [7, 11) is 0. The molecule has 47 heavy (non-hydrogen) atoms. The lowest BCUT2D eigenvalue weighted by Gasteiger charge is -2.16. The number of nitrogens with zero attached hydrogens (tertiary/aromatic N) is 2. The van der Waals surface area contributed by atoms with Crippen LogP contribution in [-0.4, -0.2) is 36.4 Å². The minimum Gasteiger partial charge on any atom is -0.485 e. The Bertz CT molecular complexity index is 1650. The van der Waals surface area contributed by atoms with Gasteiger partial charge in [0.2, 0.25) is 0 Å². The van der Waals surface area contributed by atoms with Crippen LogP contribution in [0.2, 0.25) is 0 Å². The minimum atomic E-state index is 0.582. The molecule has 0 amide bonds. The monoisotopic (exact) mass is 666 g/mol. The zero-order chi connectivity index (χ0) is 31.8. The standard InChI is InChI=1S/C39H42N2O4S2/c1-2-3-4-5-6-7-8-9-10-11-35-40-31(27-12-16-29(17-13-27)38-36-33(25-46-38)42-20-22-44-36)24-32(41-35)28-14-18-30(19-15-28)39-37-34(26-47-39)43-21-23-45-37/h12-19,24-26H,2-11,20-23H2,1H3. The van der Waals surface area contributed by atoms with Crippen LogP contribution in [0.4, 0.5) is 0 Å². The van der Waals surface area contributed by atoms with Crippen molar-refractivity contribution >= 4 is 22.7 Å². The van der Waals surface area contributed by atoms with Crippen molar-refractivity contribution in [2.75, 3.05) is 26.4 Å². The maximum absolute atomic E-state index is 5.94. The van der Waals surface area contributed by atoms with E-state index in [2.05, 4.69) is 61.5 Å². The van der Waals surface area contributed by atoms with E-state index in [9.17, 15) is 0 Å². The number of hydrogen-bond acceptors (Lipinski definition) is 8. The fourth-order valence-corrected chi connectivity index (χ4v) is 8.08. The van der Waals surface area contributed by atoms with E-state index in [4.69, 9.17) is 28.9 Å². The first-order valence-corrected chi connectivity index (χ1v) is 18.9. The van der Waals surface area contributed by atoms with Crippen molar-refractivity contribution in [2.45, 2.75) is 71.1 Å². The summed E-state index contributed by atoms with van der Waals surface area (Å²) in [6.45, 7) is 4.64. The van der Waals surface area contributed by atoms with Crippen molar-refractivity contribution in [3.63, 3.8) is 0 Å². The topological polar surface area (TPSA) is 62.7 Å². The highest BCUT2D eigenvalue weighted by molar-refractivity contribution is 7.14. The van der Waals surface area contributed by atoms with Crippen molar-refractivity contribution in [2.24, 2.45) is 0 Å². The van der Waals surface area contributed by atoms with E-state index in [0.29, 0.717) is 26.4 Å². The summed E-state index contributed by atoms with van der Waals surface area (Å²) in [5.74, 6) is 4.30. The van der Waals surface area contributed by atoms with E-state index in [1.165, 1.54) is 51.4 Å². The van der Waals surface area contributed by atoms with Crippen LogP contribution in [0.25, 0.3) is 43.4 Å². The predicted molar refractivity (Wildman–Crippen MR) is 192 cm³/mol. The Kier molecular flexibility index (Phi) is 10.4. The summed E-state index contributed by atoms with van der Waals surface area (Å²) in [4.78, 5) is 12.4. The van der Waals surface area contributed by atoms with Gasteiger partial charge in [-0.1, -0.05) is 107 Å². The van der Waals surface area contributed by atoms with Crippen molar-refractivity contribution in [1.82, 2.24) is 9.97 Å². The quantitative estimate of drug-likeness (QED) is 0.110. The molecule has 2 aromatic carbocycles. The van der Waals surface area contributed by atoms with Crippen molar-refractivity contribution in [3.05, 3.63) is 71.2 Å². The second-order valence-corrected chi connectivity index (χ2v) is 14.0. The summed E-state index contributed by atoms with van der Waals surface area (Å²) < 4.78 is 23.4. The molecule has 0 atom stereocenters. The summed E-state index contributed by atoms with van der Waals surface area (Å²) in [6, 6.07) is 19.4. The van der Waals surface area contributed by atoms with Gasteiger partial charge in [-0.15, -0.1) is 22.7 Å². The lowest BCUT2D eigenvalue weighted by Crippen LogP contribution is -2.14. The molecule has 6 nitrogen and oxygen atoms in total. The minimum absolute atomic E-state index is 0.582. The van der Waals surface area contributed by atoms with Crippen molar-refractivity contribution in [3.8, 4) is 66.4 Å². The largest absolute Gasteiger partial charge is 0.485 e. The molecule has 0 aliphatic carbocycles. The number of rotatable bonds is 14. The smallest absolute Gasteiger partial charge is 0.179 e. The van der Waals surface area contributed by atoms with Gasteiger partial charge in [0.25, 0.3) is 0 Å². The Morgan fingerprint density at radius 1 is 0.532 bits per heavy atom. The van der Waals surface area contributed by atoms with Crippen molar-refractivity contribution < 1.29 is 18.9 Å². The summed E-state index contributed by atoms with van der Waals surface area (Å²) in [6.07, 6.45) is 12.6. The van der Waals surface area contributed by atoms with Crippen LogP contribution in [0, 0.1) is 0 Å².